The van der Waals surface area contributed by atoms with Gasteiger partial charge in [-0.05, 0) is 23.6 Å². The first-order valence-corrected chi connectivity index (χ1v) is 11.0. The van der Waals surface area contributed by atoms with Gasteiger partial charge in [-0.3, -0.25) is 4.79 Å². The molecule has 4 aromatic rings. The minimum absolute atomic E-state index is 0.0150. The summed E-state index contributed by atoms with van der Waals surface area (Å²) in [7, 11) is 0. The van der Waals surface area contributed by atoms with Crippen molar-refractivity contribution in [3.63, 3.8) is 0 Å². The number of hydrogen-bond donors (Lipinski definition) is 3. The van der Waals surface area contributed by atoms with E-state index in [1.165, 1.54) is 0 Å². The molecule has 170 valence electrons. The summed E-state index contributed by atoms with van der Waals surface area (Å²) < 4.78 is 2.17. The van der Waals surface area contributed by atoms with Crippen LogP contribution < -0.4 is 5.32 Å². The zero-order valence-electron chi connectivity index (χ0n) is 18.7. The molecule has 0 aliphatic heterocycles. The fourth-order valence-electron chi connectivity index (χ4n) is 4.32. The summed E-state index contributed by atoms with van der Waals surface area (Å²) in [5.41, 5.74) is 3.62. The number of rotatable bonds is 9. The minimum atomic E-state index is -1.09. The SMILES string of the molecule is CC(C)[C@@H](NCCc1nc(C(=O)O)cc2c3ccccc3n(Cc3ccccc3)c12)C(=O)O. The first kappa shape index (κ1) is 22.5. The molecule has 33 heavy (non-hydrogen) atoms. The second kappa shape index (κ2) is 9.42. The van der Waals surface area contributed by atoms with Gasteiger partial charge in [0.1, 0.15) is 11.7 Å². The Labute approximate surface area is 191 Å². The third kappa shape index (κ3) is 4.59. The van der Waals surface area contributed by atoms with Crippen molar-refractivity contribution in [3.05, 3.63) is 77.6 Å². The molecule has 0 bridgehead atoms. The Kier molecular flexibility index (Phi) is 6.42. The van der Waals surface area contributed by atoms with Crippen LogP contribution in [0.4, 0.5) is 0 Å². The van der Waals surface area contributed by atoms with Gasteiger partial charge in [0.2, 0.25) is 0 Å². The van der Waals surface area contributed by atoms with Crippen LogP contribution in [0.5, 0.6) is 0 Å². The maximum absolute atomic E-state index is 11.8. The van der Waals surface area contributed by atoms with E-state index in [2.05, 4.69) is 27.0 Å². The van der Waals surface area contributed by atoms with Gasteiger partial charge in [0.15, 0.2) is 0 Å². The predicted octanol–water partition coefficient (Wildman–Crippen LogP) is 4.18. The average molecular weight is 446 g/mol. The molecule has 0 spiro atoms. The number of aliphatic carboxylic acids is 1. The molecule has 2 aromatic carbocycles. The van der Waals surface area contributed by atoms with E-state index in [0.717, 1.165) is 27.4 Å². The third-order valence-electron chi connectivity index (χ3n) is 5.88. The first-order chi connectivity index (χ1) is 15.9. The Morgan fingerprint density at radius 3 is 2.36 bits per heavy atom. The monoisotopic (exact) mass is 445 g/mol. The first-order valence-electron chi connectivity index (χ1n) is 11.0. The van der Waals surface area contributed by atoms with Crippen LogP contribution in [0.25, 0.3) is 21.8 Å². The van der Waals surface area contributed by atoms with Gasteiger partial charge in [0.25, 0.3) is 0 Å². The molecule has 1 atom stereocenters. The lowest BCUT2D eigenvalue weighted by Crippen LogP contribution is -2.41. The molecule has 7 nitrogen and oxygen atoms in total. The standard InChI is InChI=1S/C26H27N3O4/c1-16(2)23(26(32)33)27-13-12-20-24-19(14-21(28-20)25(30)31)18-10-6-7-11-22(18)29(24)15-17-8-4-3-5-9-17/h3-11,14,16,23,27H,12-13,15H2,1-2H3,(H,30,31)(H,32,33)/t23-/m1/s1. The average Bonchev–Trinajstić information content (AvgIpc) is 3.10. The van der Waals surface area contributed by atoms with Gasteiger partial charge in [-0.15, -0.1) is 0 Å². The summed E-state index contributed by atoms with van der Waals surface area (Å²) in [5.74, 6) is -2.07. The number of carboxylic acid groups (broad SMARTS) is 2. The van der Waals surface area contributed by atoms with Crippen molar-refractivity contribution in [2.75, 3.05) is 6.54 Å². The van der Waals surface area contributed by atoms with Crippen molar-refractivity contribution in [1.82, 2.24) is 14.9 Å². The van der Waals surface area contributed by atoms with E-state index >= 15 is 0 Å². The second-order valence-corrected chi connectivity index (χ2v) is 8.51. The molecule has 0 fully saturated rings. The van der Waals surface area contributed by atoms with Gasteiger partial charge >= 0.3 is 11.9 Å². The van der Waals surface area contributed by atoms with Crippen LogP contribution >= 0.6 is 0 Å². The number of nitrogens with zero attached hydrogens (tertiary/aromatic N) is 2. The zero-order valence-corrected chi connectivity index (χ0v) is 18.7. The predicted molar refractivity (Wildman–Crippen MR) is 128 cm³/mol. The van der Waals surface area contributed by atoms with Gasteiger partial charge in [-0.2, -0.15) is 0 Å². The molecular formula is C26H27N3O4. The van der Waals surface area contributed by atoms with Crippen molar-refractivity contribution in [2.24, 2.45) is 5.92 Å². The number of hydrogen-bond acceptors (Lipinski definition) is 4. The highest BCUT2D eigenvalue weighted by atomic mass is 16.4. The Morgan fingerprint density at radius 2 is 1.70 bits per heavy atom. The van der Waals surface area contributed by atoms with E-state index in [0.29, 0.717) is 25.2 Å². The maximum Gasteiger partial charge on any atom is 0.354 e. The van der Waals surface area contributed by atoms with Gasteiger partial charge in [0.05, 0.1) is 11.2 Å². The number of nitrogens with one attached hydrogen (secondary N) is 1. The van der Waals surface area contributed by atoms with Crippen LogP contribution in [0.1, 0.15) is 35.6 Å². The molecule has 0 aliphatic rings. The molecule has 0 saturated heterocycles. The summed E-state index contributed by atoms with van der Waals surface area (Å²) >= 11 is 0. The fourth-order valence-corrected chi connectivity index (χ4v) is 4.32. The van der Waals surface area contributed by atoms with Gasteiger partial charge < -0.3 is 20.1 Å². The Morgan fingerprint density at radius 1 is 1.00 bits per heavy atom. The van der Waals surface area contributed by atoms with E-state index in [1.54, 1.807) is 6.07 Å². The summed E-state index contributed by atoms with van der Waals surface area (Å²) in [6, 6.07) is 19.0. The molecule has 0 aliphatic carbocycles. The van der Waals surface area contributed by atoms with Crippen molar-refractivity contribution < 1.29 is 19.8 Å². The lowest BCUT2D eigenvalue weighted by molar-refractivity contribution is -0.140. The van der Waals surface area contributed by atoms with E-state index in [9.17, 15) is 19.8 Å². The summed E-state index contributed by atoms with van der Waals surface area (Å²) in [6.45, 7) is 4.69. The normalized spacial score (nSPS) is 12.5. The van der Waals surface area contributed by atoms with E-state index in [4.69, 9.17) is 0 Å². The van der Waals surface area contributed by atoms with Crippen LogP contribution in [-0.2, 0) is 17.8 Å². The fraction of sp³-hybridized carbons (Fsp3) is 0.269. The molecular weight excluding hydrogens is 418 g/mol. The molecule has 0 saturated carbocycles. The lowest BCUT2D eigenvalue weighted by atomic mass is 10.0. The Bertz CT molecular complexity index is 1310. The maximum atomic E-state index is 11.8. The summed E-state index contributed by atoms with van der Waals surface area (Å²) in [6.07, 6.45) is 0.402. The number of carbonyl (C=O) groups is 2. The number of aromatic carboxylic acids is 1. The van der Waals surface area contributed by atoms with Crippen molar-refractivity contribution in [3.8, 4) is 0 Å². The molecule has 0 amide bonds. The largest absolute Gasteiger partial charge is 0.480 e. The lowest BCUT2D eigenvalue weighted by Gasteiger charge is -2.18. The summed E-state index contributed by atoms with van der Waals surface area (Å²) in [4.78, 5) is 27.9. The Balaban J connectivity index is 1.83. The van der Waals surface area contributed by atoms with Crippen molar-refractivity contribution in [1.29, 1.82) is 0 Å². The van der Waals surface area contributed by atoms with Gasteiger partial charge in [-0.25, -0.2) is 9.78 Å². The number of para-hydroxylation sites is 1. The van der Waals surface area contributed by atoms with Crippen LogP contribution in [0.2, 0.25) is 0 Å². The quantitative estimate of drug-likeness (QED) is 0.357. The van der Waals surface area contributed by atoms with Crippen LogP contribution in [0, 0.1) is 5.92 Å². The number of aromatic nitrogens is 2. The van der Waals surface area contributed by atoms with E-state index in [-0.39, 0.29) is 11.6 Å². The molecule has 4 rings (SSSR count). The van der Waals surface area contributed by atoms with Gasteiger partial charge in [0, 0.05) is 35.8 Å². The van der Waals surface area contributed by atoms with E-state index in [1.807, 2.05) is 56.3 Å². The molecule has 7 heteroatoms. The van der Waals surface area contributed by atoms with Crippen LogP contribution in [0.3, 0.4) is 0 Å². The van der Waals surface area contributed by atoms with Gasteiger partial charge in [-0.1, -0.05) is 62.4 Å². The third-order valence-corrected chi connectivity index (χ3v) is 5.88. The molecule has 2 heterocycles. The topological polar surface area (TPSA) is 104 Å². The molecule has 2 aromatic heterocycles. The second-order valence-electron chi connectivity index (χ2n) is 8.51. The minimum Gasteiger partial charge on any atom is -0.480 e. The van der Waals surface area contributed by atoms with Crippen molar-refractivity contribution in [2.45, 2.75) is 32.9 Å². The molecule has 0 radical (unpaired) electrons. The smallest absolute Gasteiger partial charge is 0.354 e. The molecule has 0 unspecified atom stereocenters. The van der Waals surface area contributed by atoms with Crippen LogP contribution in [-0.4, -0.2) is 44.3 Å². The summed E-state index contributed by atoms with van der Waals surface area (Å²) in [5, 5.41) is 24.0. The molecule has 3 N–H and O–H groups in total. The highest BCUT2D eigenvalue weighted by Gasteiger charge is 2.22. The highest BCUT2D eigenvalue weighted by molar-refractivity contribution is 6.10. The number of benzene rings is 2. The van der Waals surface area contributed by atoms with E-state index < -0.39 is 18.0 Å². The van der Waals surface area contributed by atoms with Crippen LogP contribution in [0.15, 0.2) is 60.7 Å². The number of carboxylic acids is 2. The highest BCUT2D eigenvalue weighted by Crippen LogP contribution is 2.32. The van der Waals surface area contributed by atoms with Crippen molar-refractivity contribution >= 4 is 33.7 Å². The Hall–Kier alpha value is -3.71. The number of pyridine rings is 1. The number of fused-ring (bicyclic) bond motifs is 3. The zero-order chi connectivity index (χ0) is 23.5.